The Balaban J connectivity index is 1.59. The van der Waals surface area contributed by atoms with Crippen LogP contribution in [0.2, 0.25) is 0 Å². The van der Waals surface area contributed by atoms with E-state index in [0.29, 0.717) is 6.54 Å². The van der Waals surface area contributed by atoms with Crippen LogP contribution in [0.5, 0.6) is 0 Å². The summed E-state index contributed by atoms with van der Waals surface area (Å²) in [6, 6.07) is 7.85. The van der Waals surface area contributed by atoms with E-state index in [9.17, 15) is 0 Å². The van der Waals surface area contributed by atoms with Crippen molar-refractivity contribution in [3.63, 3.8) is 0 Å². The highest BCUT2D eigenvalue weighted by Crippen LogP contribution is 2.03. The Morgan fingerprint density at radius 1 is 1.21 bits per heavy atom. The van der Waals surface area contributed by atoms with Crippen molar-refractivity contribution in [2.24, 2.45) is 12.0 Å². The molecule has 0 aliphatic rings. The van der Waals surface area contributed by atoms with E-state index in [1.807, 2.05) is 53.5 Å². The summed E-state index contributed by atoms with van der Waals surface area (Å²) in [5.74, 6) is 1.72. The number of hydrogen-bond donors (Lipinski definition) is 2. The first-order valence-electron chi connectivity index (χ1n) is 8.05. The maximum Gasteiger partial charge on any atom is 0.191 e. The van der Waals surface area contributed by atoms with E-state index < -0.39 is 0 Å². The number of aryl methyl sites for hydroxylation is 1. The minimum Gasteiger partial charge on any atom is -0.357 e. The number of nitrogens with zero attached hydrogens (tertiary/aromatic N) is 6. The molecule has 126 valence electrons. The van der Waals surface area contributed by atoms with Crippen molar-refractivity contribution in [2.45, 2.75) is 19.9 Å². The van der Waals surface area contributed by atoms with Gasteiger partial charge in [-0.2, -0.15) is 5.10 Å². The molecule has 0 unspecified atom stereocenters. The van der Waals surface area contributed by atoms with Gasteiger partial charge < -0.3 is 10.6 Å². The lowest BCUT2D eigenvalue weighted by molar-refractivity contribution is 0.705. The molecule has 0 saturated heterocycles. The van der Waals surface area contributed by atoms with Crippen molar-refractivity contribution in [1.29, 1.82) is 0 Å². The molecule has 0 saturated carbocycles. The number of aromatic nitrogens is 5. The van der Waals surface area contributed by atoms with Crippen LogP contribution in [0.25, 0.3) is 5.65 Å². The monoisotopic (exact) mass is 326 g/mol. The molecular formula is C16H22N8. The molecule has 0 radical (unpaired) electrons. The summed E-state index contributed by atoms with van der Waals surface area (Å²) < 4.78 is 3.83. The molecule has 0 aliphatic heterocycles. The van der Waals surface area contributed by atoms with Gasteiger partial charge in [-0.05, 0) is 25.1 Å². The molecule has 0 atom stereocenters. The molecule has 24 heavy (non-hydrogen) atoms. The van der Waals surface area contributed by atoms with Crippen LogP contribution in [-0.2, 0) is 20.0 Å². The lowest BCUT2D eigenvalue weighted by atomic mass is 10.4. The van der Waals surface area contributed by atoms with Gasteiger partial charge in [0.2, 0.25) is 0 Å². The van der Waals surface area contributed by atoms with Gasteiger partial charge in [-0.25, -0.2) is 4.99 Å². The van der Waals surface area contributed by atoms with Crippen LogP contribution < -0.4 is 10.6 Å². The van der Waals surface area contributed by atoms with Gasteiger partial charge in [0.15, 0.2) is 11.6 Å². The fourth-order valence-corrected chi connectivity index (χ4v) is 2.41. The second-order valence-electron chi connectivity index (χ2n) is 5.36. The largest absolute Gasteiger partial charge is 0.357 e. The van der Waals surface area contributed by atoms with Crippen molar-refractivity contribution in [3.8, 4) is 0 Å². The summed E-state index contributed by atoms with van der Waals surface area (Å²) in [4.78, 5) is 4.59. The summed E-state index contributed by atoms with van der Waals surface area (Å²) in [5.41, 5.74) is 1.93. The lowest BCUT2D eigenvalue weighted by Gasteiger charge is -2.11. The molecule has 0 aliphatic carbocycles. The first-order valence-corrected chi connectivity index (χ1v) is 8.05. The standard InChI is InChI=1S/C16H22N8/c1-3-17-16(19-12-13-7-10-20-23(13)2)18-9-8-15-22-21-14-6-4-5-11-24(14)15/h4-7,10-11H,3,8-9,12H2,1-2H3,(H2,17,18,19). The van der Waals surface area contributed by atoms with E-state index in [2.05, 4.69) is 30.9 Å². The van der Waals surface area contributed by atoms with Crippen LogP contribution >= 0.6 is 0 Å². The van der Waals surface area contributed by atoms with Gasteiger partial charge in [-0.1, -0.05) is 6.07 Å². The molecule has 0 aromatic carbocycles. The molecule has 0 amide bonds. The van der Waals surface area contributed by atoms with Crippen molar-refractivity contribution < 1.29 is 0 Å². The molecule has 0 spiro atoms. The van der Waals surface area contributed by atoms with E-state index in [0.717, 1.165) is 42.6 Å². The van der Waals surface area contributed by atoms with Gasteiger partial charge >= 0.3 is 0 Å². The third-order valence-electron chi connectivity index (χ3n) is 3.69. The third kappa shape index (κ3) is 3.70. The highest BCUT2D eigenvalue weighted by Gasteiger charge is 2.05. The van der Waals surface area contributed by atoms with Crippen LogP contribution in [0.3, 0.4) is 0 Å². The molecule has 2 N–H and O–H groups in total. The Hall–Kier alpha value is -2.90. The predicted molar refractivity (Wildman–Crippen MR) is 92.7 cm³/mol. The first kappa shape index (κ1) is 16.0. The van der Waals surface area contributed by atoms with Crippen molar-refractivity contribution in [1.82, 2.24) is 35.0 Å². The molecule has 3 heterocycles. The third-order valence-corrected chi connectivity index (χ3v) is 3.69. The summed E-state index contributed by atoms with van der Waals surface area (Å²) in [5, 5.41) is 19.1. The Morgan fingerprint density at radius 3 is 2.92 bits per heavy atom. The van der Waals surface area contributed by atoms with E-state index in [1.165, 1.54) is 0 Å². The van der Waals surface area contributed by atoms with Gasteiger partial charge in [-0.15, -0.1) is 10.2 Å². The van der Waals surface area contributed by atoms with E-state index in [4.69, 9.17) is 0 Å². The number of hydrogen-bond acceptors (Lipinski definition) is 4. The molecule has 0 bridgehead atoms. The van der Waals surface area contributed by atoms with Gasteiger partial charge in [0.25, 0.3) is 0 Å². The van der Waals surface area contributed by atoms with Crippen LogP contribution in [0.15, 0.2) is 41.7 Å². The van der Waals surface area contributed by atoms with Crippen LogP contribution in [0.4, 0.5) is 0 Å². The van der Waals surface area contributed by atoms with Gasteiger partial charge in [0, 0.05) is 39.0 Å². The lowest BCUT2D eigenvalue weighted by Crippen LogP contribution is -2.38. The minimum atomic E-state index is 0.583. The number of rotatable bonds is 6. The SMILES string of the molecule is CCNC(=NCc1ccnn1C)NCCc1nnc2ccccn12. The smallest absolute Gasteiger partial charge is 0.191 e. The molecule has 8 heteroatoms. The second kappa shape index (κ2) is 7.58. The molecule has 3 aromatic rings. The molecule has 8 nitrogen and oxygen atoms in total. The number of nitrogens with one attached hydrogen (secondary N) is 2. The summed E-state index contributed by atoms with van der Waals surface area (Å²) in [7, 11) is 1.92. The summed E-state index contributed by atoms with van der Waals surface area (Å²) in [6.07, 6.45) is 4.52. The number of aliphatic imine (C=N–C) groups is 1. The minimum absolute atomic E-state index is 0.583. The van der Waals surface area contributed by atoms with Crippen LogP contribution in [0.1, 0.15) is 18.4 Å². The van der Waals surface area contributed by atoms with E-state index >= 15 is 0 Å². The maximum atomic E-state index is 4.59. The fourth-order valence-electron chi connectivity index (χ4n) is 2.41. The second-order valence-corrected chi connectivity index (χ2v) is 5.36. The fraction of sp³-hybridized carbons (Fsp3) is 0.375. The Bertz CT molecular complexity index is 816. The van der Waals surface area contributed by atoms with E-state index in [1.54, 1.807) is 6.20 Å². The maximum absolute atomic E-state index is 4.59. The topological polar surface area (TPSA) is 84.4 Å². The normalized spacial score (nSPS) is 11.8. The van der Waals surface area contributed by atoms with Crippen LogP contribution in [-0.4, -0.2) is 43.4 Å². The number of pyridine rings is 1. The zero-order valence-corrected chi connectivity index (χ0v) is 14.0. The highest BCUT2D eigenvalue weighted by atomic mass is 15.3. The van der Waals surface area contributed by atoms with E-state index in [-0.39, 0.29) is 0 Å². The quantitative estimate of drug-likeness (QED) is 0.516. The molecule has 3 rings (SSSR count). The Labute approximate surface area is 140 Å². The van der Waals surface area contributed by atoms with Gasteiger partial charge in [0.1, 0.15) is 5.82 Å². The van der Waals surface area contributed by atoms with Gasteiger partial charge in [0.05, 0.1) is 12.2 Å². The predicted octanol–water partition coefficient (Wildman–Crippen LogP) is 0.761. The number of guanidine groups is 1. The number of fused-ring (bicyclic) bond motifs is 1. The summed E-state index contributed by atoms with van der Waals surface area (Å²) >= 11 is 0. The first-order chi connectivity index (χ1) is 11.8. The average molecular weight is 326 g/mol. The Kier molecular flexibility index (Phi) is 5.05. The van der Waals surface area contributed by atoms with Crippen molar-refractivity contribution in [3.05, 3.63) is 48.2 Å². The van der Waals surface area contributed by atoms with Crippen LogP contribution in [0, 0.1) is 0 Å². The van der Waals surface area contributed by atoms with Gasteiger partial charge in [-0.3, -0.25) is 9.08 Å². The molecule has 0 fully saturated rings. The summed E-state index contributed by atoms with van der Waals surface area (Å²) in [6.45, 7) is 4.17. The zero-order chi connectivity index (χ0) is 16.8. The average Bonchev–Trinajstić information content (AvgIpc) is 3.19. The van der Waals surface area contributed by atoms with Crippen molar-refractivity contribution in [2.75, 3.05) is 13.1 Å². The molecule has 3 aromatic heterocycles. The zero-order valence-electron chi connectivity index (χ0n) is 14.0. The molecular weight excluding hydrogens is 304 g/mol. The Morgan fingerprint density at radius 2 is 2.12 bits per heavy atom. The highest BCUT2D eigenvalue weighted by molar-refractivity contribution is 5.79. The van der Waals surface area contributed by atoms with Crippen molar-refractivity contribution >= 4 is 11.6 Å².